The molecule has 1 saturated heterocycles. The molecule has 1 heterocycles. The molecule has 1 fully saturated rings. The van der Waals surface area contributed by atoms with Crippen molar-refractivity contribution in [1.29, 1.82) is 0 Å². The van der Waals surface area contributed by atoms with E-state index in [9.17, 15) is 9.59 Å². The predicted molar refractivity (Wildman–Crippen MR) is 77.5 cm³/mol. The molecule has 0 bridgehead atoms. The second-order valence-electron chi connectivity index (χ2n) is 4.91. The van der Waals surface area contributed by atoms with Gasteiger partial charge in [-0.15, -0.1) is 0 Å². The van der Waals surface area contributed by atoms with Crippen LogP contribution in [0.25, 0.3) is 6.08 Å². The fourth-order valence-corrected chi connectivity index (χ4v) is 2.28. The van der Waals surface area contributed by atoms with Crippen LogP contribution in [0.5, 0.6) is 0 Å². The summed E-state index contributed by atoms with van der Waals surface area (Å²) >= 11 is 0. The molecular formula is C15H18N2O3. The first-order chi connectivity index (χ1) is 9.56. The van der Waals surface area contributed by atoms with Gasteiger partial charge in [0.2, 0.25) is 0 Å². The zero-order chi connectivity index (χ0) is 14.5. The minimum atomic E-state index is -0.981. The van der Waals surface area contributed by atoms with Gasteiger partial charge >= 0.3 is 12.0 Å². The van der Waals surface area contributed by atoms with E-state index in [4.69, 9.17) is 5.11 Å². The molecule has 5 heteroatoms. The van der Waals surface area contributed by atoms with E-state index in [1.54, 1.807) is 24.3 Å². The Hall–Kier alpha value is -2.30. The molecule has 2 amide bonds. The second kappa shape index (κ2) is 6.23. The Labute approximate surface area is 117 Å². The van der Waals surface area contributed by atoms with Crippen LogP contribution in [-0.4, -0.2) is 34.6 Å². The van der Waals surface area contributed by atoms with Crippen molar-refractivity contribution in [2.24, 2.45) is 0 Å². The van der Waals surface area contributed by atoms with E-state index in [-0.39, 0.29) is 12.1 Å². The largest absolute Gasteiger partial charge is 0.478 e. The van der Waals surface area contributed by atoms with Gasteiger partial charge in [0.25, 0.3) is 0 Å². The zero-order valence-electron chi connectivity index (χ0n) is 11.4. The van der Waals surface area contributed by atoms with Crippen LogP contribution < -0.4 is 5.32 Å². The number of carboxylic acid groups (broad SMARTS) is 1. The number of likely N-dealkylation sites (tertiary alicyclic amines) is 1. The number of hydrogen-bond donors (Lipinski definition) is 2. The molecule has 0 aliphatic carbocycles. The number of amides is 2. The normalized spacial score (nSPS) is 18.4. The fourth-order valence-electron chi connectivity index (χ4n) is 2.28. The first-order valence-electron chi connectivity index (χ1n) is 6.65. The zero-order valence-corrected chi connectivity index (χ0v) is 11.4. The van der Waals surface area contributed by atoms with Gasteiger partial charge in [0, 0.05) is 24.4 Å². The van der Waals surface area contributed by atoms with E-state index < -0.39 is 5.97 Å². The Kier molecular flexibility index (Phi) is 4.40. The Bertz CT molecular complexity index is 522. The molecule has 106 valence electrons. The quantitative estimate of drug-likeness (QED) is 0.833. The van der Waals surface area contributed by atoms with Crippen LogP contribution in [-0.2, 0) is 4.79 Å². The average Bonchev–Trinajstić information content (AvgIpc) is 2.84. The van der Waals surface area contributed by atoms with Gasteiger partial charge < -0.3 is 15.3 Å². The maximum absolute atomic E-state index is 12.0. The Balaban J connectivity index is 1.96. The van der Waals surface area contributed by atoms with Crippen molar-refractivity contribution in [3.63, 3.8) is 0 Å². The summed E-state index contributed by atoms with van der Waals surface area (Å²) < 4.78 is 0. The number of carboxylic acids is 1. The summed E-state index contributed by atoms with van der Waals surface area (Å²) in [5.41, 5.74) is 1.49. The van der Waals surface area contributed by atoms with E-state index in [0.717, 1.165) is 31.0 Å². The maximum Gasteiger partial charge on any atom is 0.328 e. The number of carbonyl (C=O) groups is 2. The number of hydrogen-bond acceptors (Lipinski definition) is 2. The van der Waals surface area contributed by atoms with Crippen molar-refractivity contribution in [1.82, 2.24) is 4.90 Å². The Morgan fingerprint density at radius 1 is 1.35 bits per heavy atom. The molecule has 1 aromatic rings. The van der Waals surface area contributed by atoms with Crippen molar-refractivity contribution in [2.45, 2.75) is 25.8 Å². The molecule has 2 N–H and O–H groups in total. The summed E-state index contributed by atoms with van der Waals surface area (Å²) in [7, 11) is 0. The summed E-state index contributed by atoms with van der Waals surface area (Å²) in [5.74, 6) is -0.981. The third-order valence-electron chi connectivity index (χ3n) is 3.39. The summed E-state index contributed by atoms with van der Waals surface area (Å²) in [6.45, 7) is 2.85. The number of aliphatic carboxylic acids is 1. The van der Waals surface area contributed by atoms with Crippen molar-refractivity contribution in [3.05, 3.63) is 35.9 Å². The number of nitrogens with one attached hydrogen (secondary N) is 1. The van der Waals surface area contributed by atoms with E-state index in [2.05, 4.69) is 5.32 Å². The van der Waals surface area contributed by atoms with Crippen LogP contribution in [0.1, 0.15) is 25.3 Å². The minimum Gasteiger partial charge on any atom is -0.478 e. The number of nitrogens with zero attached hydrogens (tertiary/aromatic N) is 1. The van der Waals surface area contributed by atoms with Gasteiger partial charge in [0.1, 0.15) is 0 Å². The molecule has 0 spiro atoms. The van der Waals surface area contributed by atoms with Gasteiger partial charge in [-0.25, -0.2) is 9.59 Å². The monoisotopic (exact) mass is 274 g/mol. The topological polar surface area (TPSA) is 69.6 Å². The van der Waals surface area contributed by atoms with Crippen LogP contribution >= 0.6 is 0 Å². The Morgan fingerprint density at radius 3 is 2.60 bits per heavy atom. The van der Waals surface area contributed by atoms with Crippen molar-refractivity contribution < 1.29 is 14.7 Å². The highest BCUT2D eigenvalue weighted by Gasteiger charge is 2.24. The number of rotatable bonds is 3. The molecule has 1 aliphatic rings. The van der Waals surface area contributed by atoms with Crippen molar-refractivity contribution in [3.8, 4) is 0 Å². The van der Waals surface area contributed by atoms with E-state index in [1.165, 1.54) is 6.08 Å². The van der Waals surface area contributed by atoms with Gasteiger partial charge in [-0.1, -0.05) is 12.1 Å². The van der Waals surface area contributed by atoms with Crippen molar-refractivity contribution in [2.75, 3.05) is 11.9 Å². The van der Waals surface area contributed by atoms with Crippen LogP contribution in [0.4, 0.5) is 10.5 Å². The van der Waals surface area contributed by atoms with Gasteiger partial charge in [0.15, 0.2) is 0 Å². The van der Waals surface area contributed by atoms with Crippen LogP contribution in [0.3, 0.4) is 0 Å². The maximum atomic E-state index is 12.0. The highest BCUT2D eigenvalue weighted by molar-refractivity contribution is 5.90. The van der Waals surface area contributed by atoms with Crippen LogP contribution in [0, 0.1) is 0 Å². The average molecular weight is 274 g/mol. The number of benzene rings is 1. The third-order valence-corrected chi connectivity index (χ3v) is 3.39. The standard InChI is InChI=1S/C15H18N2O3/c1-11-3-2-10-17(11)15(20)16-13-7-4-12(5-8-13)6-9-14(18)19/h4-9,11H,2-3,10H2,1H3,(H,16,20)(H,18,19)/b9-6+. The van der Waals surface area contributed by atoms with Gasteiger partial charge in [-0.05, 0) is 43.5 Å². The highest BCUT2D eigenvalue weighted by atomic mass is 16.4. The summed E-state index contributed by atoms with van der Waals surface area (Å²) in [5, 5.41) is 11.4. The predicted octanol–water partition coefficient (Wildman–Crippen LogP) is 2.80. The molecule has 0 radical (unpaired) electrons. The van der Waals surface area contributed by atoms with Crippen LogP contribution in [0.2, 0.25) is 0 Å². The number of carbonyl (C=O) groups excluding carboxylic acids is 1. The molecule has 0 aromatic heterocycles. The van der Waals surface area contributed by atoms with Gasteiger partial charge in [-0.2, -0.15) is 0 Å². The molecule has 5 nitrogen and oxygen atoms in total. The Morgan fingerprint density at radius 2 is 2.05 bits per heavy atom. The molecule has 1 aliphatic heterocycles. The summed E-state index contributed by atoms with van der Waals surface area (Å²) in [6, 6.07) is 7.27. The lowest BCUT2D eigenvalue weighted by Gasteiger charge is -2.21. The molecule has 0 saturated carbocycles. The smallest absolute Gasteiger partial charge is 0.328 e. The van der Waals surface area contributed by atoms with Gasteiger partial charge in [0.05, 0.1) is 0 Å². The molecule has 1 atom stereocenters. The first-order valence-corrected chi connectivity index (χ1v) is 6.65. The second-order valence-corrected chi connectivity index (χ2v) is 4.91. The van der Waals surface area contributed by atoms with Gasteiger partial charge in [-0.3, -0.25) is 0 Å². The molecule has 1 aromatic carbocycles. The molecule has 2 rings (SSSR count). The number of urea groups is 1. The van der Waals surface area contributed by atoms with Crippen molar-refractivity contribution >= 4 is 23.8 Å². The summed E-state index contributed by atoms with van der Waals surface area (Å²) in [6.07, 6.45) is 4.69. The first kappa shape index (κ1) is 14.1. The fraction of sp³-hybridized carbons (Fsp3) is 0.333. The lowest BCUT2D eigenvalue weighted by atomic mass is 10.2. The third kappa shape index (κ3) is 3.60. The molecule has 20 heavy (non-hydrogen) atoms. The lowest BCUT2D eigenvalue weighted by Crippen LogP contribution is -2.37. The molecular weight excluding hydrogens is 256 g/mol. The number of anilines is 1. The SMILES string of the molecule is CC1CCCN1C(=O)Nc1ccc(/C=C/C(=O)O)cc1. The van der Waals surface area contributed by atoms with E-state index in [1.807, 2.05) is 11.8 Å². The van der Waals surface area contributed by atoms with Crippen LogP contribution in [0.15, 0.2) is 30.3 Å². The minimum absolute atomic E-state index is 0.0798. The lowest BCUT2D eigenvalue weighted by molar-refractivity contribution is -0.131. The van der Waals surface area contributed by atoms with E-state index in [0.29, 0.717) is 5.69 Å². The molecule has 1 unspecified atom stereocenters. The summed E-state index contributed by atoms with van der Waals surface area (Å²) in [4.78, 5) is 24.3. The highest BCUT2D eigenvalue weighted by Crippen LogP contribution is 2.18. The van der Waals surface area contributed by atoms with E-state index >= 15 is 0 Å².